The molecule has 1 heteroatoms. The van der Waals surface area contributed by atoms with E-state index in [1.165, 1.54) is 49.7 Å². The standard InChI is InChI=1S/C36H28Si/c1-4-14-26(15-5-1)33-24-28-18-10-12-22-31(28)35(33)37(30-20-8-3-9-21-30)36-32-23-13-11-19-29(32)25-34(36)27-16-6-2-7-17-27/h1-25,35-37H. The number of rotatable bonds is 5. The van der Waals surface area contributed by atoms with Crippen LogP contribution in [0.15, 0.2) is 140 Å². The van der Waals surface area contributed by atoms with Crippen molar-refractivity contribution >= 4 is 37.3 Å². The largest absolute Gasteiger partial charge is 0.0953 e. The normalized spacial score (nSPS) is 18.5. The predicted octanol–water partition coefficient (Wildman–Crippen LogP) is 7.88. The molecule has 0 heterocycles. The van der Waals surface area contributed by atoms with Gasteiger partial charge in [0.2, 0.25) is 0 Å². The molecule has 0 saturated carbocycles. The molecule has 0 bridgehead atoms. The van der Waals surface area contributed by atoms with Gasteiger partial charge >= 0.3 is 0 Å². The molecule has 0 spiro atoms. The van der Waals surface area contributed by atoms with Crippen LogP contribution in [0, 0.1) is 0 Å². The summed E-state index contributed by atoms with van der Waals surface area (Å²) in [6.45, 7) is 0. The van der Waals surface area contributed by atoms with Crippen LogP contribution in [0.4, 0.5) is 0 Å². The maximum Gasteiger partial charge on any atom is 0.0953 e. The first-order chi connectivity index (χ1) is 18.4. The van der Waals surface area contributed by atoms with E-state index in [1.54, 1.807) is 0 Å². The summed E-state index contributed by atoms with van der Waals surface area (Å²) in [6, 6.07) is 51.7. The highest BCUT2D eigenvalue weighted by Gasteiger charge is 2.43. The Hall–Kier alpha value is -4.20. The third-order valence-corrected chi connectivity index (χ3v) is 12.1. The molecule has 2 atom stereocenters. The summed E-state index contributed by atoms with van der Waals surface area (Å²) in [4.78, 5) is 0. The summed E-state index contributed by atoms with van der Waals surface area (Å²) in [6.07, 6.45) is 4.93. The fourth-order valence-corrected chi connectivity index (χ4v) is 11.1. The summed E-state index contributed by atoms with van der Waals surface area (Å²) in [7, 11) is -1.76. The molecule has 2 aliphatic carbocycles. The van der Waals surface area contributed by atoms with Gasteiger partial charge in [-0.2, -0.15) is 0 Å². The van der Waals surface area contributed by atoms with Gasteiger partial charge in [0.1, 0.15) is 0 Å². The molecule has 0 amide bonds. The van der Waals surface area contributed by atoms with Gasteiger partial charge < -0.3 is 0 Å². The summed E-state index contributed by atoms with van der Waals surface area (Å²) in [5, 5.41) is 1.52. The summed E-state index contributed by atoms with van der Waals surface area (Å²) in [5.41, 5.74) is 12.1. The fourth-order valence-electron chi connectivity index (χ4n) is 6.51. The predicted molar refractivity (Wildman–Crippen MR) is 160 cm³/mol. The Kier molecular flexibility index (Phi) is 5.57. The number of fused-ring (bicyclic) bond motifs is 2. The Labute approximate surface area is 220 Å². The first-order valence-electron chi connectivity index (χ1n) is 13.2. The first kappa shape index (κ1) is 22.0. The minimum atomic E-state index is -1.76. The van der Waals surface area contributed by atoms with Crippen molar-refractivity contribution in [3.8, 4) is 0 Å². The van der Waals surface area contributed by atoms with Crippen LogP contribution in [0.3, 0.4) is 0 Å². The van der Waals surface area contributed by atoms with Gasteiger partial charge in [-0.05, 0) is 44.5 Å². The number of hydrogen-bond donors (Lipinski definition) is 0. The monoisotopic (exact) mass is 488 g/mol. The highest BCUT2D eigenvalue weighted by molar-refractivity contribution is 6.79. The van der Waals surface area contributed by atoms with Crippen LogP contribution in [0.5, 0.6) is 0 Å². The van der Waals surface area contributed by atoms with Crippen LogP contribution in [0.2, 0.25) is 0 Å². The molecule has 37 heavy (non-hydrogen) atoms. The third kappa shape index (κ3) is 3.84. The third-order valence-electron chi connectivity index (χ3n) is 8.07. The molecule has 176 valence electrons. The van der Waals surface area contributed by atoms with Gasteiger partial charge in [0.05, 0.1) is 8.80 Å². The van der Waals surface area contributed by atoms with Gasteiger partial charge in [-0.15, -0.1) is 0 Å². The van der Waals surface area contributed by atoms with Crippen molar-refractivity contribution in [3.05, 3.63) is 173 Å². The van der Waals surface area contributed by atoms with Crippen molar-refractivity contribution in [2.75, 3.05) is 0 Å². The van der Waals surface area contributed by atoms with Gasteiger partial charge in [-0.3, -0.25) is 0 Å². The van der Waals surface area contributed by atoms with Crippen LogP contribution < -0.4 is 5.19 Å². The lowest BCUT2D eigenvalue weighted by molar-refractivity contribution is 1.12. The van der Waals surface area contributed by atoms with E-state index in [4.69, 9.17) is 0 Å². The van der Waals surface area contributed by atoms with Crippen LogP contribution in [-0.4, -0.2) is 8.80 Å². The average molecular weight is 489 g/mol. The molecule has 2 aliphatic rings. The van der Waals surface area contributed by atoms with Crippen LogP contribution >= 0.6 is 0 Å². The second-order valence-corrected chi connectivity index (χ2v) is 13.1. The highest BCUT2D eigenvalue weighted by Crippen LogP contribution is 2.51. The Bertz CT molecular complexity index is 1510. The van der Waals surface area contributed by atoms with Crippen molar-refractivity contribution in [1.82, 2.24) is 0 Å². The van der Waals surface area contributed by atoms with E-state index in [0.29, 0.717) is 11.1 Å². The van der Waals surface area contributed by atoms with Crippen molar-refractivity contribution in [3.63, 3.8) is 0 Å². The van der Waals surface area contributed by atoms with E-state index in [9.17, 15) is 0 Å². The molecule has 2 unspecified atom stereocenters. The minimum absolute atomic E-state index is 0.379. The zero-order valence-corrected chi connectivity index (χ0v) is 21.8. The first-order valence-corrected chi connectivity index (χ1v) is 15.1. The molecular weight excluding hydrogens is 460 g/mol. The molecule has 0 nitrogen and oxygen atoms in total. The van der Waals surface area contributed by atoms with Crippen LogP contribution in [-0.2, 0) is 0 Å². The van der Waals surface area contributed by atoms with Gasteiger partial charge in [0, 0.05) is 11.1 Å². The zero-order valence-electron chi connectivity index (χ0n) is 20.7. The number of hydrogen-bond acceptors (Lipinski definition) is 0. The van der Waals surface area contributed by atoms with E-state index in [0.717, 1.165) is 0 Å². The quantitative estimate of drug-likeness (QED) is 0.221. The maximum atomic E-state index is 2.46. The molecule has 0 radical (unpaired) electrons. The molecule has 0 aromatic heterocycles. The Morgan fingerprint density at radius 1 is 0.378 bits per heavy atom. The number of allylic oxidation sites excluding steroid dienone is 2. The van der Waals surface area contributed by atoms with Crippen molar-refractivity contribution in [2.45, 2.75) is 11.1 Å². The lowest BCUT2D eigenvalue weighted by Gasteiger charge is -2.34. The van der Waals surface area contributed by atoms with Crippen LogP contribution in [0.1, 0.15) is 44.5 Å². The van der Waals surface area contributed by atoms with Crippen molar-refractivity contribution in [2.24, 2.45) is 0 Å². The molecule has 7 rings (SSSR count). The van der Waals surface area contributed by atoms with Gasteiger partial charge in [0.25, 0.3) is 0 Å². The maximum absolute atomic E-state index is 2.46. The van der Waals surface area contributed by atoms with Gasteiger partial charge in [-0.25, -0.2) is 0 Å². The topological polar surface area (TPSA) is 0 Å². The van der Waals surface area contributed by atoms with Gasteiger partial charge in [-0.1, -0.05) is 157 Å². The van der Waals surface area contributed by atoms with E-state index in [-0.39, 0.29) is 0 Å². The molecule has 0 fully saturated rings. The van der Waals surface area contributed by atoms with Crippen LogP contribution in [0.25, 0.3) is 23.3 Å². The minimum Gasteiger partial charge on any atom is -0.0633 e. The molecule has 0 saturated heterocycles. The fraction of sp³-hybridized carbons (Fsp3) is 0.0556. The second kappa shape index (κ2) is 9.35. The molecule has 5 aromatic carbocycles. The molecule has 0 aliphatic heterocycles. The number of benzene rings is 5. The summed E-state index contributed by atoms with van der Waals surface area (Å²) < 4.78 is 0. The van der Waals surface area contributed by atoms with Gasteiger partial charge in [0.15, 0.2) is 0 Å². The van der Waals surface area contributed by atoms with E-state index in [1.807, 2.05) is 0 Å². The SMILES string of the molecule is C1=C(c2ccccc2)C([SiH](c2ccccc2)C2C(c3ccccc3)=Cc3ccccc32)c2ccccc21. The summed E-state index contributed by atoms with van der Waals surface area (Å²) in [5.74, 6) is 0. The molecule has 0 N–H and O–H groups in total. The smallest absolute Gasteiger partial charge is 0.0633 e. The lowest BCUT2D eigenvalue weighted by Crippen LogP contribution is -2.43. The average Bonchev–Trinajstić information content (AvgIpc) is 3.55. The highest BCUT2D eigenvalue weighted by atomic mass is 28.3. The zero-order chi connectivity index (χ0) is 24.6. The van der Waals surface area contributed by atoms with Crippen molar-refractivity contribution in [1.29, 1.82) is 0 Å². The lowest BCUT2D eigenvalue weighted by atomic mass is 10.0. The van der Waals surface area contributed by atoms with Crippen molar-refractivity contribution < 1.29 is 0 Å². The molecular formula is C36H28Si. The summed E-state index contributed by atoms with van der Waals surface area (Å²) >= 11 is 0. The molecule has 5 aromatic rings. The second-order valence-electron chi connectivity index (χ2n) is 10.1. The Morgan fingerprint density at radius 3 is 1.22 bits per heavy atom. The Balaban J connectivity index is 1.49. The van der Waals surface area contributed by atoms with E-state index >= 15 is 0 Å². The van der Waals surface area contributed by atoms with E-state index in [2.05, 4.69) is 152 Å². The van der Waals surface area contributed by atoms with E-state index < -0.39 is 8.80 Å². The Morgan fingerprint density at radius 2 is 0.757 bits per heavy atom.